The van der Waals surface area contributed by atoms with Crippen molar-refractivity contribution in [3.8, 4) is 22.3 Å². The fraction of sp³-hybridized carbons (Fsp3) is 0.478. The van der Waals surface area contributed by atoms with Gasteiger partial charge in [0.1, 0.15) is 0 Å². The lowest BCUT2D eigenvalue weighted by Crippen LogP contribution is -2.27. The molecule has 2 aliphatic carbocycles. The van der Waals surface area contributed by atoms with E-state index in [1.54, 1.807) is 33.1 Å². The average molecular weight is 742 g/mol. The summed E-state index contributed by atoms with van der Waals surface area (Å²) in [5.41, 5.74) is 18.9. The number of rotatable bonds is 11. The van der Waals surface area contributed by atoms with Crippen LogP contribution in [0.2, 0.25) is 0 Å². The quantitative estimate of drug-likeness (QED) is 0.0911. The lowest BCUT2D eigenvalue weighted by atomic mass is 9.87. The zero-order valence-corrected chi connectivity index (χ0v) is 34.0. The summed E-state index contributed by atoms with van der Waals surface area (Å²) in [6, 6.07) is 33.0. The highest BCUT2D eigenvalue weighted by Gasteiger charge is 2.34. The van der Waals surface area contributed by atoms with Crippen LogP contribution in [-0.2, 0) is 29.4 Å². The maximum Gasteiger partial charge on any atom is 0.261 e. The summed E-state index contributed by atoms with van der Waals surface area (Å²) in [7, 11) is -3.76. The van der Waals surface area contributed by atoms with Gasteiger partial charge in [-0.2, -0.15) is 8.42 Å². The summed E-state index contributed by atoms with van der Waals surface area (Å²) in [5.74, 6) is 0. The molecule has 2 fully saturated rings. The van der Waals surface area contributed by atoms with Crippen LogP contribution in [0.4, 0.5) is 5.69 Å². The Morgan fingerprint density at radius 2 is 1.08 bits per heavy atom. The van der Waals surface area contributed by atoms with E-state index in [4.69, 9.17) is 10.3 Å². The molecule has 0 heterocycles. The van der Waals surface area contributed by atoms with Crippen LogP contribution in [0.3, 0.4) is 0 Å². The first-order chi connectivity index (χ1) is 25.1. The molecule has 0 bridgehead atoms. The van der Waals surface area contributed by atoms with Crippen molar-refractivity contribution in [2.75, 3.05) is 12.0 Å². The Morgan fingerprint density at radius 3 is 1.56 bits per heavy atom. The van der Waals surface area contributed by atoms with Crippen LogP contribution >= 0.6 is 7.92 Å². The summed E-state index contributed by atoms with van der Waals surface area (Å²) in [6.45, 7) is 7.04. The van der Waals surface area contributed by atoms with Crippen molar-refractivity contribution in [1.29, 1.82) is 0 Å². The van der Waals surface area contributed by atoms with Crippen molar-refractivity contribution in [3.05, 3.63) is 108 Å². The van der Waals surface area contributed by atoms with Gasteiger partial charge < -0.3 is 5.73 Å². The van der Waals surface area contributed by atoms with E-state index in [-0.39, 0.29) is 7.92 Å². The third-order valence-corrected chi connectivity index (χ3v) is 13.9. The van der Waals surface area contributed by atoms with Crippen molar-refractivity contribution in [2.45, 2.75) is 135 Å². The third kappa shape index (κ3) is 12.9. The predicted octanol–water partition coefficient (Wildman–Crippen LogP) is 12.4. The maximum absolute atomic E-state index is 9.19. The van der Waals surface area contributed by atoms with Gasteiger partial charge in [0.25, 0.3) is 10.1 Å². The number of anilines is 1. The summed E-state index contributed by atoms with van der Waals surface area (Å²) in [6.07, 6.45) is 22.8. The first kappa shape index (κ1) is 41.8. The third-order valence-electron chi connectivity index (χ3n) is 10.4. The summed E-state index contributed by atoms with van der Waals surface area (Å²) < 4.78 is 25.9. The number of benzene rings is 4. The van der Waals surface area contributed by atoms with Gasteiger partial charge in [-0.05, 0) is 101 Å². The molecular weight excluding hydrogens is 678 g/mol. The van der Waals surface area contributed by atoms with Crippen molar-refractivity contribution >= 4 is 29.0 Å². The van der Waals surface area contributed by atoms with Crippen molar-refractivity contribution < 1.29 is 13.0 Å². The molecule has 2 aliphatic rings. The smallest absolute Gasteiger partial charge is 0.261 e. The zero-order chi connectivity index (χ0) is 37.3. The van der Waals surface area contributed by atoms with Crippen molar-refractivity contribution in [2.24, 2.45) is 0 Å². The Kier molecular flexibility index (Phi) is 17.4. The number of aryl methyl sites for hydroxylation is 3. The molecular formula is C46H64NO3PS. The van der Waals surface area contributed by atoms with Crippen molar-refractivity contribution in [3.63, 3.8) is 0 Å². The lowest BCUT2D eigenvalue weighted by Gasteiger charge is -2.40. The van der Waals surface area contributed by atoms with E-state index < -0.39 is 10.1 Å². The first-order valence-corrected chi connectivity index (χ1v) is 23.3. The fourth-order valence-electron chi connectivity index (χ4n) is 8.25. The van der Waals surface area contributed by atoms with E-state index in [0.717, 1.165) is 22.6 Å². The molecule has 4 aromatic carbocycles. The highest BCUT2D eigenvalue weighted by molar-refractivity contribution is 7.85. The highest BCUT2D eigenvalue weighted by Crippen LogP contribution is 2.56. The molecule has 0 radical (unpaired) electrons. The Balaban J connectivity index is 0.000000275. The van der Waals surface area contributed by atoms with Gasteiger partial charge in [0.05, 0.1) is 6.26 Å². The predicted molar refractivity (Wildman–Crippen MR) is 228 cm³/mol. The van der Waals surface area contributed by atoms with E-state index in [0.29, 0.717) is 6.26 Å². The summed E-state index contributed by atoms with van der Waals surface area (Å²) in [5, 5.41) is 1.77. The number of nitrogens with two attached hydrogens (primary N) is 1. The molecule has 4 nitrogen and oxygen atoms in total. The molecule has 0 spiro atoms. The molecule has 52 heavy (non-hydrogen) atoms. The second kappa shape index (κ2) is 21.7. The van der Waals surface area contributed by atoms with Gasteiger partial charge in [0.2, 0.25) is 0 Å². The van der Waals surface area contributed by atoms with Crippen LogP contribution in [0.5, 0.6) is 0 Å². The van der Waals surface area contributed by atoms with E-state index in [1.807, 2.05) is 42.5 Å². The Hall–Kier alpha value is -2.98. The molecule has 4 aromatic rings. The Bertz CT molecular complexity index is 1690. The summed E-state index contributed by atoms with van der Waals surface area (Å²) >= 11 is 0. The molecule has 0 amide bonds. The maximum atomic E-state index is 9.19. The minimum atomic E-state index is -3.67. The molecule has 0 aromatic heterocycles. The van der Waals surface area contributed by atoms with Crippen LogP contribution in [-0.4, -0.2) is 30.5 Å². The van der Waals surface area contributed by atoms with Crippen molar-refractivity contribution in [1.82, 2.24) is 0 Å². The normalized spacial score (nSPS) is 15.3. The monoisotopic (exact) mass is 741 g/mol. The topological polar surface area (TPSA) is 80.4 Å². The van der Waals surface area contributed by atoms with Crippen LogP contribution in [0, 0.1) is 0 Å². The second-order valence-corrected chi connectivity index (χ2v) is 19.0. The number of para-hydroxylation sites is 1. The first-order valence-electron chi connectivity index (χ1n) is 20.0. The van der Waals surface area contributed by atoms with Gasteiger partial charge in [0, 0.05) is 11.3 Å². The molecule has 0 aliphatic heterocycles. The minimum Gasteiger partial charge on any atom is -0.398 e. The largest absolute Gasteiger partial charge is 0.398 e. The molecule has 0 atom stereocenters. The minimum absolute atomic E-state index is 0.0942. The van der Waals surface area contributed by atoms with Crippen LogP contribution in [0.25, 0.3) is 22.3 Å². The molecule has 0 saturated heterocycles. The van der Waals surface area contributed by atoms with Gasteiger partial charge in [-0.1, -0.05) is 171 Å². The molecule has 6 heteroatoms. The molecule has 3 N–H and O–H groups in total. The van der Waals surface area contributed by atoms with Crippen LogP contribution < -0.4 is 11.0 Å². The van der Waals surface area contributed by atoms with E-state index in [2.05, 4.69) is 69.3 Å². The molecule has 2 saturated carbocycles. The lowest BCUT2D eigenvalue weighted by molar-refractivity contribution is 0.487. The molecule has 6 rings (SSSR count). The second-order valence-electron chi connectivity index (χ2n) is 14.7. The SMILES string of the molecule is CCCc1cc(CCC)c(-c2ccccc2P(C2CCCCC2)C2CCCCC2)c(CCC)c1.CS(=O)(=O)O.Nc1ccccc1-c1ccccc1. The van der Waals surface area contributed by atoms with E-state index in [9.17, 15) is 8.42 Å². The number of hydrogen-bond donors (Lipinski definition) is 2. The molecule has 0 unspecified atom stereocenters. The number of nitrogen functional groups attached to an aromatic ring is 1. The molecule has 282 valence electrons. The van der Waals surface area contributed by atoms with Gasteiger partial charge >= 0.3 is 0 Å². The van der Waals surface area contributed by atoms with Crippen LogP contribution in [0.1, 0.15) is 121 Å². The highest BCUT2D eigenvalue weighted by atomic mass is 32.2. The average Bonchev–Trinajstić information content (AvgIpc) is 3.14. The van der Waals surface area contributed by atoms with E-state index >= 15 is 0 Å². The zero-order valence-electron chi connectivity index (χ0n) is 32.3. The Labute approximate surface area is 317 Å². The Morgan fingerprint density at radius 1 is 0.635 bits per heavy atom. The fourth-order valence-corrected chi connectivity index (χ4v) is 12.2. The summed E-state index contributed by atoms with van der Waals surface area (Å²) in [4.78, 5) is 0. The standard InChI is InChI=1S/C33H49P.C12H11N.CH4O3S/c1-4-15-26-24-27(16-5-2)33(28(25-26)17-6-3)31-22-13-14-23-32(31)34(29-18-9-7-10-19-29)30-20-11-8-12-21-30;13-12-9-5-4-8-11(12)10-6-2-1-3-7-10;1-5(2,3)4/h13-14,22-25,29-30H,4-12,15-21H2,1-3H3;1-9H,13H2;1H3,(H,2,3,4). The van der Waals surface area contributed by atoms with Gasteiger partial charge in [-0.3, -0.25) is 4.55 Å². The number of hydrogen-bond acceptors (Lipinski definition) is 3. The van der Waals surface area contributed by atoms with Gasteiger partial charge in [0.15, 0.2) is 0 Å². The van der Waals surface area contributed by atoms with Gasteiger partial charge in [-0.25, -0.2) is 0 Å². The van der Waals surface area contributed by atoms with Gasteiger partial charge in [-0.15, -0.1) is 0 Å². The van der Waals surface area contributed by atoms with E-state index in [1.165, 1.54) is 108 Å². The van der Waals surface area contributed by atoms with Crippen LogP contribution in [0.15, 0.2) is 91.0 Å².